The Hall–Kier alpha value is -1.01. The van der Waals surface area contributed by atoms with Crippen LogP contribution >= 0.6 is 0 Å². The molecule has 2 rings (SSSR count). The third kappa shape index (κ3) is 3.51. The Morgan fingerprint density at radius 2 is 1.74 bits per heavy atom. The number of aliphatic hydroxyl groups excluding tert-OH is 3. The van der Waals surface area contributed by atoms with Crippen molar-refractivity contribution in [2.75, 3.05) is 13.2 Å². The van der Waals surface area contributed by atoms with Gasteiger partial charge in [0.2, 0.25) is 0 Å². The van der Waals surface area contributed by atoms with Crippen LogP contribution in [0.5, 0.6) is 0 Å². The molecule has 1 aromatic carbocycles. The lowest BCUT2D eigenvalue weighted by Crippen LogP contribution is -2.35. The maximum atomic E-state index is 12.7. The lowest BCUT2D eigenvalue weighted by atomic mass is 9.87. The van der Waals surface area contributed by atoms with E-state index in [0.29, 0.717) is 25.9 Å². The van der Waals surface area contributed by atoms with Crippen LogP contribution in [-0.2, 0) is 6.54 Å². The minimum atomic E-state index is -0.764. The standard InChI is InChI=1S/C14H20FNO3/c15-11-3-1-10(2-4-11)7-16-8-14(9-17)5-12(18)13(19)6-14/h1-4,12-13,16-19H,5-9H2/t12-,13+,14?. The quantitative estimate of drug-likeness (QED) is 0.625. The van der Waals surface area contributed by atoms with Gasteiger partial charge in [-0.1, -0.05) is 12.1 Å². The van der Waals surface area contributed by atoms with Crippen LogP contribution in [0.25, 0.3) is 0 Å². The van der Waals surface area contributed by atoms with Crippen molar-refractivity contribution in [1.82, 2.24) is 5.32 Å². The molecule has 1 aliphatic carbocycles. The molecule has 0 radical (unpaired) electrons. The molecule has 3 atom stereocenters. The van der Waals surface area contributed by atoms with Crippen LogP contribution in [0.2, 0.25) is 0 Å². The average molecular weight is 269 g/mol. The summed E-state index contributed by atoms with van der Waals surface area (Å²) in [5.41, 5.74) is 0.479. The van der Waals surface area contributed by atoms with E-state index in [2.05, 4.69) is 5.32 Å². The average Bonchev–Trinajstić information content (AvgIpc) is 2.68. The van der Waals surface area contributed by atoms with Gasteiger partial charge in [-0.05, 0) is 30.5 Å². The molecule has 0 heterocycles. The second-order valence-corrected chi connectivity index (χ2v) is 5.43. The van der Waals surface area contributed by atoms with Crippen molar-refractivity contribution in [3.8, 4) is 0 Å². The van der Waals surface area contributed by atoms with Crippen LogP contribution in [-0.4, -0.2) is 40.7 Å². The van der Waals surface area contributed by atoms with Crippen LogP contribution in [0.1, 0.15) is 18.4 Å². The van der Waals surface area contributed by atoms with Crippen LogP contribution in [0.4, 0.5) is 4.39 Å². The first-order chi connectivity index (χ1) is 9.04. The van der Waals surface area contributed by atoms with Crippen LogP contribution in [0, 0.1) is 11.2 Å². The van der Waals surface area contributed by atoms with Gasteiger partial charge in [-0.2, -0.15) is 0 Å². The molecule has 106 valence electrons. The van der Waals surface area contributed by atoms with E-state index < -0.39 is 17.6 Å². The van der Waals surface area contributed by atoms with Gasteiger partial charge in [0.05, 0.1) is 18.8 Å². The van der Waals surface area contributed by atoms with Gasteiger partial charge in [0.25, 0.3) is 0 Å². The summed E-state index contributed by atoms with van der Waals surface area (Å²) in [6.07, 6.45) is -0.748. The maximum absolute atomic E-state index is 12.7. The van der Waals surface area contributed by atoms with Crippen molar-refractivity contribution in [2.45, 2.75) is 31.6 Å². The topological polar surface area (TPSA) is 72.7 Å². The third-order valence-corrected chi connectivity index (χ3v) is 3.81. The van der Waals surface area contributed by atoms with E-state index in [1.165, 1.54) is 12.1 Å². The Kier molecular flexibility index (Phi) is 4.52. The SMILES string of the molecule is OCC1(CNCc2ccc(F)cc2)C[C@@H](O)[C@@H](O)C1. The Morgan fingerprint density at radius 3 is 2.26 bits per heavy atom. The Labute approximate surface area is 111 Å². The molecule has 19 heavy (non-hydrogen) atoms. The zero-order chi connectivity index (χ0) is 13.9. The molecule has 1 saturated carbocycles. The Bertz CT molecular complexity index is 400. The third-order valence-electron chi connectivity index (χ3n) is 3.81. The highest BCUT2D eigenvalue weighted by atomic mass is 19.1. The summed E-state index contributed by atoms with van der Waals surface area (Å²) < 4.78 is 12.7. The number of halogens is 1. The molecule has 0 saturated heterocycles. The Morgan fingerprint density at radius 1 is 1.16 bits per heavy atom. The summed E-state index contributed by atoms with van der Waals surface area (Å²) in [4.78, 5) is 0. The second-order valence-electron chi connectivity index (χ2n) is 5.43. The monoisotopic (exact) mass is 269 g/mol. The first-order valence-electron chi connectivity index (χ1n) is 6.47. The molecule has 1 fully saturated rings. The number of nitrogens with one attached hydrogen (secondary N) is 1. The largest absolute Gasteiger partial charge is 0.396 e. The molecule has 0 aliphatic heterocycles. The van der Waals surface area contributed by atoms with Crippen molar-refractivity contribution in [1.29, 1.82) is 0 Å². The summed E-state index contributed by atoms with van der Waals surface area (Å²) in [7, 11) is 0. The number of hydrogen-bond donors (Lipinski definition) is 4. The molecule has 0 amide bonds. The molecule has 0 spiro atoms. The van der Waals surface area contributed by atoms with Gasteiger partial charge < -0.3 is 20.6 Å². The van der Waals surface area contributed by atoms with Crippen molar-refractivity contribution in [3.05, 3.63) is 35.6 Å². The highest BCUT2D eigenvalue weighted by Crippen LogP contribution is 2.37. The van der Waals surface area contributed by atoms with Crippen molar-refractivity contribution >= 4 is 0 Å². The van der Waals surface area contributed by atoms with Crippen molar-refractivity contribution < 1.29 is 19.7 Å². The normalized spacial score (nSPS) is 30.7. The highest BCUT2D eigenvalue weighted by Gasteiger charge is 2.43. The van der Waals surface area contributed by atoms with Crippen LogP contribution < -0.4 is 5.32 Å². The van der Waals surface area contributed by atoms with Crippen LogP contribution in [0.3, 0.4) is 0 Å². The summed E-state index contributed by atoms with van der Waals surface area (Å²) >= 11 is 0. The predicted octanol–water partition coefficient (Wildman–Crippen LogP) is 0.410. The molecule has 1 unspecified atom stereocenters. The molecule has 4 nitrogen and oxygen atoms in total. The lowest BCUT2D eigenvalue weighted by Gasteiger charge is -2.26. The molecule has 0 aromatic heterocycles. The fraction of sp³-hybridized carbons (Fsp3) is 0.571. The molecular formula is C14H20FNO3. The molecule has 0 bridgehead atoms. The van der Waals surface area contributed by atoms with E-state index in [0.717, 1.165) is 5.56 Å². The van der Waals surface area contributed by atoms with Crippen LogP contribution in [0.15, 0.2) is 24.3 Å². The number of rotatable bonds is 5. The summed E-state index contributed by atoms with van der Waals surface area (Å²) in [5.74, 6) is -0.266. The molecule has 1 aromatic rings. The Balaban J connectivity index is 1.86. The van der Waals surface area contributed by atoms with Gasteiger partial charge in [0.1, 0.15) is 5.82 Å². The van der Waals surface area contributed by atoms with Gasteiger partial charge in [-0.25, -0.2) is 4.39 Å². The molecule has 4 N–H and O–H groups in total. The zero-order valence-electron chi connectivity index (χ0n) is 10.7. The summed E-state index contributed by atoms with van der Waals surface area (Å²) in [6.45, 7) is 1.00. The van der Waals surface area contributed by atoms with Crippen molar-refractivity contribution in [2.24, 2.45) is 5.41 Å². The zero-order valence-corrected chi connectivity index (χ0v) is 10.7. The molecular weight excluding hydrogens is 249 g/mol. The second kappa shape index (κ2) is 5.96. The van der Waals surface area contributed by atoms with E-state index in [9.17, 15) is 19.7 Å². The van der Waals surface area contributed by atoms with Gasteiger partial charge in [0, 0.05) is 18.5 Å². The first kappa shape index (κ1) is 14.4. The fourth-order valence-corrected chi connectivity index (χ4v) is 2.65. The van der Waals surface area contributed by atoms with E-state index in [1.54, 1.807) is 12.1 Å². The number of hydrogen-bond acceptors (Lipinski definition) is 4. The minimum absolute atomic E-state index is 0.0719. The van der Waals surface area contributed by atoms with Crippen molar-refractivity contribution in [3.63, 3.8) is 0 Å². The van der Waals surface area contributed by atoms with E-state index in [4.69, 9.17) is 0 Å². The first-order valence-corrected chi connectivity index (χ1v) is 6.47. The summed E-state index contributed by atoms with van der Waals surface area (Å²) in [5, 5.41) is 31.8. The van der Waals surface area contributed by atoms with E-state index in [1.807, 2.05) is 0 Å². The lowest BCUT2D eigenvalue weighted by molar-refractivity contribution is 0.0438. The minimum Gasteiger partial charge on any atom is -0.396 e. The fourth-order valence-electron chi connectivity index (χ4n) is 2.65. The number of benzene rings is 1. The molecule has 1 aliphatic rings. The van der Waals surface area contributed by atoms with Gasteiger partial charge in [-0.15, -0.1) is 0 Å². The summed E-state index contributed by atoms with van der Waals surface area (Å²) in [6, 6.07) is 6.21. The molecule has 5 heteroatoms. The predicted molar refractivity (Wildman–Crippen MR) is 68.9 cm³/mol. The smallest absolute Gasteiger partial charge is 0.123 e. The van der Waals surface area contributed by atoms with E-state index >= 15 is 0 Å². The van der Waals surface area contributed by atoms with Gasteiger partial charge in [0.15, 0.2) is 0 Å². The van der Waals surface area contributed by atoms with Gasteiger partial charge in [-0.3, -0.25) is 0 Å². The maximum Gasteiger partial charge on any atom is 0.123 e. The highest BCUT2D eigenvalue weighted by molar-refractivity contribution is 5.15. The van der Waals surface area contributed by atoms with Gasteiger partial charge >= 0.3 is 0 Å². The number of aliphatic hydroxyl groups is 3. The van der Waals surface area contributed by atoms with E-state index in [-0.39, 0.29) is 12.4 Å².